The average molecular weight is 184 g/mol. The van der Waals surface area contributed by atoms with Crippen LogP contribution in [0.2, 0.25) is 0 Å². The zero-order valence-electron chi connectivity index (χ0n) is 9.51. The lowest BCUT2D eigenvalue weighted by molar-refractivity contribution is 0.324. The summed E-state index contributed by atoms with van der Waals surface area (Å²) in [6, 6.07) is 2.17. The van der Waals surface area contributed by atoms with Crippen molar-refractivity contribution in [2.75, 3.05) is 13.6 Å². The summed E-state index contributed by atoms with van der Waals surface area (Å²) in [6.07, 6.45) is 3.89. The molecule has 3 atom stereocenters. The van der Waals surface area contributed by atoms with Crippen molar-refractivity contribution in [3.05, 3.63) is 0 Å². The number of rotatable bonds is 4. The lowest BCUT2D eigenvalue weighted by Crippen LogP contribution is -2.37. The maximum atomic E-state index is 3.70. The van der Waals surface area contributed by atoms with E-state index in [4.69, 9.17) is 0 Å². The van der Waals surface area contributed by atoms with E-state index in [1.165, 1.54) is 25.8 Å². The van der Waals surface area contributed by atoms with Crippen LogP contribution in [0, 0.1) is 0 Å². The monoisotopic (exact) mass is 184 g/mol. The van der Waals surface area contributed by atoms with Crippen molar-refractivity contribution < 1.29 is 0 Å². The Morgan fingerprint density at radius 2 is 2.23 bits per heavy atom. The molecule has 0 aromatic rings. The predicted octanol–water partition coefficient (Wildman–Crippen LogP) is 1.86. The molecule has 1 N–H and O–H groups in total. The third-order valence-corrected chi connectivity index (χ3v) is 3.13. The van der Waals surface area contributed by atoms with Crippen LogP contribution in [0.25, 0.3) is 0 Å². The highest BCUT2D eigenvalue weighted by atomic mass is 15.2. The van der Waals surface area contributed by atoms with Gasteiger partial charge in [0.05, 0.1) is 0 Å². The standard InChI is InChI=1S/C11H24N2/c1-5-6-9(2)12-11-7-10(3)13(4)8-11/h9-12H,5-8H2,1-4H3. The zero-order valence-corrected chi connectivity index (χ0v) is 9.51. The molecule has 13 heavy (non-hydrogen) atoms. The summed E-state index contributed by atoms with van der Waals surface area (Å²) < 4.78 is 0. The number of hydrogen-bond donors (Lipinski definition) is 1. The predicted molar refractivity (Wildman–Crippen MR) is 58.0 cm³/mol. The van der Waals surface area contributed by atoms with Crippen molar-refractivity contribution >= 4 is 0 Å². The molecular formula is C11H24N2. The first-order chi connectivity index (χ1) is 6.13. The normalized spacial score (nSPS) is 32.3. The van der Waals surface area contributed by atoms with Crippen molar-refractivity contribution in [1.82, 2.24) is 10.2 Å². The molecule has 78 valence electrons. The van der Waals surface area contributed by atoms with E-state index in [0.717, 1.165) is 12.1 Å². The molecular weight excluding hydrogens is 160 g/mol. The molecule has 2 heteroatoms. The van der Waals surface area contributed by atoms with Gasteiger partial charge < -0.3 is 10.2 Å². The summed E-state index contributed by atoms with van der Waals surface area (Å²) >= 11 is 0. The number of hydrogen-bond acceptors (Lipinski definition) is 2. The molecule has 0 aromatic carbocycles. The molecule has 1 aliphatic heterocycles. The van der Waals surface area contributed by atoms with Crippen molar-refractivity contribution in [2.45, 2.75) is 58.2 Å². The zero-order chi connectivity index (χ0) is 9.84. The van der Waals surface area contributed by atoms with E-state index >= 15 is 0 Å². The quantitative estimate of drug-likeness (QED) is 0.717. The Morgan fingerprint density at radius 3 is 2.69 bits per heavy atom. The first kappa shape index (κ1) is 11.0. The first-order valence-electron chi connectivity index (χ1n) is 5.59. The molecule has 1 heterocycles. The maximum absolute atomic E-state index is 3.70. The minimum absolute atomic E-state index is 0.689. The summed E-state index contributed by atoms with van der Waals surface area (Å²) in [4.78, 5) is 2.44. The van der Waals surface area contributed by atoms with Crippen LogP contribution in [0.15, 0.2) is 0 Å². The lowest BCUT2D eigenvalue weighted by Gasteiger charge is -2.18. The van der Waals surface area contributed by atoms with Crippen LogP contribution in [-0.4, -0.2) is 36.6 Å². The van der Waals surface area contributed by atoms with Gasteiger partial charge in [0.1, 0.15) is 0 Å². The van der Waals surface area contributed by atoms with E-state index in [1.807, 2.05) is 0 Å². The molecule has 0 radical (unpaired) electrons. The fraction of sp³-hybridized carbons (Fsp3) is 1.00. The van der Waals surface area contributed by atoms with Crippen LogP contribution in [0.3, 0.4) is 0 Å². The molecule has 1 fully saturated rings. The van der Waals surface area contributed by atoms with Crippen LogP contribution in [0.4, 0.5) is 0 Å². The molecule has 0 amide bonds. The Kier molecular flexibility index (Phi) is 4.20. The lowest BCUT2D eigenvalue weighted by atomic mass is 10.1. The minimum Gasteiger partial charge on any atom is -0.310 e. The second kappa shape index (κ2) is 4.97. The third kappa shape index (κ3) is 3.28. The molecule has 0 aliphatic carbocycles. The Hall–Kier alpha value is -0.0800. The van der Waals surface area contributed by atoms with Crippen LogP contribution in [-0.2, 0) is 0 Å². The van der Waals surface area contributed by atoms with Crippen molar-refractivity contribution in [2.24, 2.45) is 0 Å². The SMILES string of the molecule is CCCC(C)NC1CC(C)N(C)C1. The molecule has 2 nitrogen and oxygen atoms in total. The Bertz CT molecular complexity index is 137. The molecule has 0 aromatic heterocycles. The van der Waals surface area contributed by atoms with Gasteiger partial charge in [-0.3, -0.25) is 0 Å². The van der Waals surface area contributed by atoms with Gasteiger partial charge in [0.2, 0.25) is 0 Å². The van der Waals surface area contributed by atoms with E-state index < -0.39 is 0 Å². The summed E-state index contributed by atoms with van der Waals surface area (Å²) in [7, 11) is 2.22. The van der Waals surface area contributed by atoms with Crippen molar-refractivity contribution in [3.8, 4) is 0 Å². The minimum atomic E-state index is 0.689. The summed E-state index contributed by atoms with van der Waals surface area (Å²) in [5.41, 5.74) is 0. The van der Waals surface area contributed by atoms with E-state index in [0.29, 0.717) is 6.04 Å². The van der Waals surface area contributed by atoms with Gasteiger partial charge >= 0.3 is 0 Å². The van der Waals surface area contributed by atoms with Crippen LogP contribution in [0.5, 0.6) is 0 Å². The van der Waals surface area contributed by atoms with Crippen LogP contribution >= 0.6 is 0 Å². The highest BCUT2D eigenvalue weighted by Crippen LogP contribution is 2.15. The number of likely N-dealkylation sites (N-methyl/N-ethyl adjacent to an activating group) is 1. The molecule has 0 bridgehead atoms. The third-order valence-electron chi connectivity index (χ3n) is 3.13. The summed E-state index contributed by atoms with van der Waals surface area (Å²) in [5.74, 6) is 0. The highest BCUT2D eigenvalue weighted by molar-refractivity contribution is 4.86. The van der Waals surface area contributed by atoms with Gasteiger partial charge in [0, 0.05) is 24.7 Å². The number of likely N-dealkylation sites (tertiary alicyclic amines) is 1. The largest absolute Gasteiger partial charge is 0.310 e. The van der Waals surface area contributed by atoms with Crippen LogP contribution < -0.4 is 5.32 Å². The average Bonchev–Trinajstić information content (AvgIpc) is 2.31. The van der Waals surface area contributed by atoms with Gasteiger partial charge in [-0.25, -0.2) is 0 Å². The molecule has 1 saturated heterocycles. The summed E-state index contributed by atoms with van der Waals surface area (Å²) in [6.45, 7) is 8.08. The molecule has 0 saturated carbocycles. The molecule has 3 unspecified atom stereocenters. The smallest absolute Gasteiger partial charge is 0.0212 e. The Labute approximate surface area is 82.7 Å². The van der Waals surface area contributed by atoms with Gasteiger partial charge in [-0.05, 0) is 33.7 Å². The van der Waals surface area contributed by atoms with Crippen molar-refractivity contribution in [1.29, 1.82) is 0 Å². The summed E-state index contributed by atoms with van der Waals surface area (Å²) in [5, 5.41) is 3.70. The fourth-order valence-electron chi connectivity index (χ4n) is 2.23. The van der Waals surface area contributed by atoms with E-state index in [-0.39, 0.29) is 0 Å². The molecule has 1 rings (SSSR count). The van der Waals surface area contributed by atoms with Gasteiger partial charge in [-0.15, -0.1) is 0 Å². The molecule has 1 aliphatic rings. The van der Waals surface area contributed by atoms with Crippen LogP contribution in [0.1, 0.15) is 40.0 Å². The van der Waals surface area contributed by atoms with E-state index in [1.54, 1.807) is 0 Å². The van der Waals surface area contributed by atoms with E-state index in [2.05, 4.69) is 38.0 Å². The fourth-order valence-corrected chi connectivity index (χ4v) is 2.23. The van der Waals surface area contributed by atoms with E-state index in [9.17, 15) is 0 Å². The molecule has 0 spiro atoms. The Balaban J connectivity index is 2.23. The first-order valence-corrected chi connectivity index (χ1v) is 5.59. The second-order valence-electron chi connectivity index (χ2n) is 4.58. The van der Waals surface area contributed by atoms with Gasteiger partial charge in [0.15, 0.2) is 0 Å². The Morgan fingerprint density at radius 1 is 1.54 bits per heavy atom. The second-order valence-corrected chi connectivity index (χ2v) is 4.58. The van der Waals surface area contributed by atoms with Crippen molar-refractivity contribution in [3.63, 3.8) is 0 Å². The highest BCUT2D eigenvalue weighted by Gasteiger charge is 2.26. The van der Waals surface area contributed by atoms with Gasteiger partial charge in [-0.1, -0.05) is 13.3 Å². The van der Waals surface area contributed by atoms with Gasteiger partial charge in [-0.2, -0.15) is 0 Å². The maximum Gasteiger partial charge on any atom is 0.0212 e. The number of nitrogens with one attached hydrogen (secondary N) is 1. The van der Waals surface area contributed by atoms with Gasteiger partial charge in [0.25, 0.3) is 0 Å². The topological polar surface area (TPSA) is 15.3 Å². The number of nitrogens with zero attached hydrogens (tertiary/aromatic N) is 1.